The van der Waals surface area contributed by atoms with Crippen molar-refractivity contribution in [3.05, 3.63) is 29.8 Å². The summed E-state index contributed by atoms with van der Waals surface area (Å²) in [6, 6.07) is 10.1. The molecule has 1 saturated carbocycles. The minimum absolute atomic E-state index is 0.436. The standard InChI is InChI=1S/C17H27NS/c1-13(14-8-10-15(19-4)11-9-14)18-16-7-5-6-12-17(16,2)3/h8-11,13,16,18H,5-7,12H2,1-4H3. The predicted molar refractivity (Wildman–Crippen MR) is 85.8 cm³/mol. The molecule has 0 aliphatic heterocycles. The smallest absolute Gasteiger partial charge is 0.0294 e. The zero-order valence-electron chi connectivity index (χ0n) is 12.7. The number of hydrogen-bond acceptors (Lipinski definition) is 2. The van der Waals surface area contributed by atoms with Crippen LogP contribution in [0.15, 0.2) is 29.2 Å². The first-order valence-corrected chi connectivity index (χ1v) is 8.65. The Balaban J connectivity index is 2.01. The quantitative estimate of drug-likeness (QED) is 0.775. The highest BCUT2D eigenvalue weighted by molar-refractivity contribution is 7.98. The second-order valence-electron chi connectivity index (χ2n) is 6.45. The van der Waals surface area contributed by atoms with Gasteiger partial charge in [-0.2, -0.15) is 0 Å². The molecule has 0 amide bonds. The van der Waals surface area contributed by atoms with Gasteiger partial charge in [-0.05, 0) is 49.1 Å². The zero-order valence-corrected chi connectivity index (χ0v) is 13.5. The monoisotopic (exact) mass is 277 g/mol. The number of rotatable bonds is 4. The van der Waals surface area contributed by atoms with Crippen molar-refractivity contribution in [2.24, 2.45) is 5.41 Å². The van der Waals surface area contributed by atoms with Gasteiger partial charge in [-0.3, -0.25) is 0 Å². The summed E-state index contributed by atoms with van der Waals surface area (Å²) in [6.45, 7) is 7.11. The van der Waals surface area contributed by atoms with Crippen LogP contribution in [0.25, 0.3) is 0 Å². The summed E-state index contributed by atoms with van der Waals surface area (Å²) in [5.41, 5.74) is 1.84. The molecule has 0 heterocycles. The first-order valence-electron chi connectivity index (χ1n) is 7.43. The van der Waals surface area contributed by atoms with Crippen molar-refractivity contribution >= 4 is 11.8 Å². The molecular formula is C17H27NS. The van der Waals surface area contributed by atoms with Crippen molar-refractivity contribution in [1.29, 1.82) is 0 Å². The van der Waals surface area contributed by atoms with Gasteiger partial charge in [0.2, 0.25) is 0 Å². The van der Waals surface area contributed by atoms with Gasteiger partial charge >= 0.3 is 0 Å². The molecule has 1 N–H and O–H groups in total. The summed E-state index contributed by atoms with van der Waals surface area (Å²) in [4.78, 5) is 1.34. The molecule has 0 radical (unpaired) electrons. The molecule has 1 aliphatic carbocycles. The van der Waals surface area contributed by atoms with Crippen LogP contribution < -0.4 is 5.32 Å². The van der Waals surface area contributed by atoms with Crippen LogP contribution in [0.4, 0.5) is 0 Å². The van der Waals surface area contributed by atoms with E-state index in [2.05, 4.69) is 56.6 Å². The van der Waals surface area contributed by atoms with Crippen molar-refractivity contribution in [2.45, 2.75) is 63.4 Å². The Labute approximate surface area is 122 Å². The minimum Gasteiger partial charge on any atom is -0.307 e. The first-order chi connectivity index (χ1) is 9.03. The number of hydrogen-bond donors (Lipinski definition) is 1. The van der Waals surface area contributed by atoms with Crippen molar-refractivity contribution in [3.63, 3.8) is 0 Å². The van der Waals surface area contributed by atoms with Gasteiger partial charge in [-0.15, -0.1) is 11.8 Å². The summed E-state index contributed by atoms with van der Waals surface area (Å²) in [6.07, 6.45) is 7.56. The normalized spacial score (nSPS) is 24.1. The summed E-state index contributed by atoms with van der Waals surface area (Å²) < 4.78 is 0. The van der Waals surface area contributed by atoms with Gasteiger partial charge in [0, 0.05) is 17.0 Å². The van der Waals surface area contributed by atoms with E-state index in [1.54, 1.807) is 11.8 Å². The Morgan fingerprint density at radius 2 is 1.89 bits per heavy atom. The summed E-state index contributed by atoms with van der Waals surface area (Å²) >= 11 is 1.80. The fourth-order valence-corrected chi connectivity index (χ4v) is 3.50. The van der Waals surface area contributed by atoms with Crippen molar-refractivity contribution in [1.82, 2.24) is 5.32 Å². The number of benzene rings is 1. The Kier molecular flexibility index (Phi) is 4.97. The molecular weight excluding hydrogens is 250 g/mol. The summed E-state index contributed by atoms with van der Waals surface area (Å²) in [7, 11) is 0. The van der Waals surface area contributed by atoms with Gasteiger partial charge in [0.15, 0.2) is 0 Å². The van der Waals surface area contributed by atoms with Gasteiger partial charge in [0.1, 0.15) is 0 Å². The van der Waals surface area contributed by atoms with E-state index < -0.39 is 0 Å². The third-order valence-electron chi connectivity index (χ3n) is 4.57. The molecule has 1 aliphatic rings. The third-order valence-corrected chi connectivity index (χ3v) is 5.32. The maximum absolute atomic E-state index is 3.86. The summed E-state index contributed by atoms with van der Waals surface area (Å²) in [5.74, 6) is 0. The maximum Gasteiger partial charge on any atom is 0.0294 e. The van der Waals surface area contributed by atoms with Crippen LogP contribution in [0.5, 0.6) is 0 Å². The van der Waals surface area contributed by atoms with Crippen LogP contribution in [0, 0.1) is 5.41 Å². The first kappa shape index (κ1) is 14.9. The lowest BCUT2D eigenvalue weighted by Gasteiger charge is -2.41. The molecule has 2 heteroatoms. The molecule has 1 nitrogen and oxygen atoms in total. The molecule has 2 atom stereocenters. The fraction of sp³-hybridized carbons (Fsp3) is 0.647. The molecule has 0 saturated heterocycles. The van der Waals surface area contributed by atoms with Gasteiger partial charge < -0.3 is 5.32 Å². The molecule has 19 heavy (non-hydrogen) atoms. The van der Waals surface area contributed by atoms with E-state index >= 15 is 0 Å². The lowest BCUT2D eigenvalue weighted by atomic mass is 9.73. The minimum atomic E-state index is 0.436. The molecule has 1 aromatic rings. The van der Waals surface area contributed by atoms with Crippen LogP contribution >= 0.6 is 11.8 Å². The molecule has 0 spiro atoms. The molecule has 2 unspecified atom stereocenters. The van der Waals surface area contributed by atoms with E-state index in [1.807, 2.05) is 0 Å². The van der Waals surface area contributed by atoms with Crippen LogP contribution in [0.1, 0.15) is 58.1 Å². The molecule has 1 fully saturated rings. The molecule has 2 rings (SSSR count). The maximum atomic E-state index is 3.86. The van der Waals surface area contributed by atoms with Crippen LogP contribution in [0.3, 0.4) is 0 Å². The van der Waals surface area contributed by atoms with E-state index in [4.69, 9.17) is 0 Å². The molecule has 0 bridgehead atoms. The Hall–Kier alpha value is -0.470. The van der Waals surface area contributed by atoms with E-state index in [0.717, 1.165) is 0 Å². The highest BCUT2D eigenvalue weighted by Crippen LogP contribution is 2.36. The van der Waals surface area contributed by atoms with E-state index in [-0.39, 0.29) is 0 Å². The SMILES string of the molecule is CSc1ccc(C(C)NC2CCCCC2(C)C)cc1. The van der Waals surface area contributed by atoms with E-state index in [0.29, 0.717) is 17.5 Å². The third kappa shape index (κ3) is 3.76. The van der Waals surface area contributed by atoms with Gasteiger partial charge in [0.05, 0.1) is 0 Å². The summed E-state index contributed by atoms with van der Waals surface area (Å²) in [5, 5.41) is 3.86. The predicted octanol–water partition coefficient (Wildman–Crippen LogP) is 5.03. The van der Waals surface area contributed by atoms with Crippen molar-refractivity contribution in [3.8, 4) is 0 Å². The van der Waals surface area contributed by atoms with Crippen LogP contribution in [-0.4, -0.2) is 12.3 Å². The average molecular weight is 277 g/mol. The fourth-order valence-electron chi connectivity index (χ4n) is 3.09. The second-order valence-corrected chi connectivity index (χ2v) is 7.33. The van der Waals surface area contributed by atoms with Gasteiger partial charge in [0.25, 0.3) is 0 Å². The van der Waals surface area contributed by atoms with E-state index in [1.165, 1.54) is 36.1 Å². The zero-order chi connectivity index (χ0) is 13.9. The van der Waals surface area contributed by atoms with Gasteiger partial charge in [-0.25, -0.2) is 0 Å². The highest BCUT2D eigenvalue weighted by atomic mass is 32.2. The lowest BCUT2D eigenvalue weighted by Crippen LogP contribution is -2.45. The largest absolute Gasteiger partial charge is 0.307 e. The van der Waals surface area contributed by atoms with Gasteiger partial charge in [-0.1, -0.05) is 38.8 Å². The van der Waals surface area contributed by atoms with Crippen molar-refractivity contribution in [2.75, 3.05) is 6.26 Å². The molecule has 106 valence electrons. The van der Waals surface area contributed by atoms with Crippen LogP contribution in [0.2, 0.25) is 0 Å². The Morgan fingerprint density at radius 1 is 1.21 bits per heavy atom. The van der Waals surface area contributed by atoms with Crippen LogP contribution in [-0.2, 0) is 0 Å². The topological polar surface area (TPSA) is 12.0 Å². The van der Waals surface area contributed by atoms with E-state index in [9.17, 15) is 0 Å². The number of nitrogens with one attached hydrogen (secondary N) is 1. The average Bonchev–Trinajstić information content (AvgIpc) is 2.41. The Bertz CT molecular complexity index is 396. The lowest BCUT2D eigenvalue weighted by molar-refractivity contribution is 0.157. The molecule has 0 aromatic heterocycles. The Morgan fingerprint density at radius 3 is 2.47 bits per heavy atom. The second kappa shape index (κ2) is 6.32. The molecule has 1 aromatic carbocycles. The highest BCUT2D eigenvalue weighted by Gasteiger charge is 2.32. The van der Waals surface area contributed by atoms with Crippen molar-refractivity contribution < 1.29 is 0 Å². The number of thioether (sulfide) groups is 1.